The maximum Gasteiger partial charge on any atom is 0.232 e. The van der Waals surface area contributed by atoms with Gasteiger partial charge in [0.05, 0.1) is 6.61 Å². The Morgan fingerprint density at radius 2 is 1.44 bits per heavy atom. The van der Waals surface area contributed by atoms with E-state index in [2.05, 4.69) is 34.5 Å². The fourth-order valence-electron chi connectivity index (χ4n) is 5.59. The third-order valence-corrected chi connectivity index (χ3v) is 7.35. The number of carbonyl (C=O) groups is 1. The molecule has 1 heterocycles. The highest BCUT2D eigenvalue weighted by Gasteiger charge is 2.49. The number of amides is 1. The fraction of sp³-hybridized carbons (Fsp3) is 0.552. The molecule has 0 aromatic heterocycles. The van der Waals surface area contributed by atoms with Gasteiger partial charge in [0.2, 0.25) is 5.91 Å². The van der Waals surface area contributed by atoms with E-state index in [0.717, 1.165) is 43.7 Å². The Labute approximate surface area is 205 Å². The smallest absolute Gasteiger partial charge is 0.232 e. The van der Waals surface area contributed by atoms with Crippen molar-refractivity contribution in [1.29, 1.82) is 0 Å². The van der Waals surface area contributed by atoms with Crippen LogP contribution in [0.15, 0.2) is 60.7 Å². The van der Waals surface area contributed by atoms with Crippen molar-refractivity contribution in [3.05, 3.63) is 71.8 Å². The highest BCUT2D eigenvalue weighted by atomic mass is 16.3. The molecule has 5 heteroatoms. The largest absolute Gasteiger partial charge is 0.395 e. The van der Waals surface area contributed by atoms with Gasteiger partial charge in [0.15, 0.2) is 0 Å². The first-order valence-corrected chi connectivity index (χ1v) is 13.1. The summed E-state index contributed by atoms with van der Waals surface area (Å²) in [5.41, 5.74) is 7.43. The van der Waals surface area contributed by atoms with E-state index >= 15 is 0 Å². The minimum absolute atomic E-state index is 0.175. The molecule has 2 aromatic rings. The highest BCUT2D eigenvalue weighted by molar-refractivity contribution is 5.91. The van der Waals surface area contributed by atoms with Crippen molar-refractivity contribution < 1.29 is 9.90 Å². The first-order valence-electron chi connectivity index (χ1n) is 13.1. The minimum Gasteiger partial charge on any atom is -0.395 e. The number of rotatable bonds is 16. The van der Waals surface area contributed by atoms with E-state index in [1.54, 1.807) is 0 Å². The number of unbranched alkanes of at least 4 members (excludes halogenated alkanes) is 6. The van der Waals surface area contributed by atoms with Crippen LogP contribution in [0, 0.1) is 5.92 Å². The second-order valence-corrected chi connectivity index (χ2v) is 9.64. The Bertz CT molecular complexity index is 788. The minimum atomic E-state index is -0.788. The van der Waals surface area contributed by atoms with E-state index in [0.29, 0.717) is 6.54 Å². The highest BCUT2D eigenvalue weighted by Crippen LogP contribution is 2.43. The molecule has 5 nitrogen and oxygen atoms in total. The number of hydrogen-bond acceptors (Lipinski definition) is 4. The number of aliphatic hydroxyl groups excluding tert-OH is 1. The first kappa shape index (κ1) is 26.4. The zero-order valence-corrected chi connectivity index (χ0v) is 20.6. The van der Waals surface area contributed by atoms with Crippen LogP contribution in [0.5, 0.6) is 0 Å². The van der Waals surface area contributed by atoms with Gasteiger partial charge >= 0.3 is 0 Å². The number of hydrogen-bond donors (Lipinski definition) is 3. The average molecular weight is 466 g/mol. The molecule has 0 spiro atoms. The molecule has 1 unspecified atom stereocenters. The summed E-state index contributed by atoms with van der Waals surface area (Å²) in [5, 5.41) is 12.0. The molecule has 1 amide bonds. The van der Waals surface area contributed by atoms with Gasteiger partial charge in [-0.3, -0.25) is 4.79 Å². The summed E-state index contributed by atoms with van der Waals surface area (Å²) in [6, 6.07) is 20.3. The summed E-state index contributed by atoms with van der Waals surface area (Å²) < 4.78 is 0. The molecular formula is C29H43N3O2. The average Bonchev–Trinajstić information content (AvgIpc) is 3.33. The lowest BCUT2D eigenvalue weighted by Crippen LogP contribution is -2.49. The van der Waals surface area contributed by atoms with Crippen molar-refractivity contribution in [2.75, 3.05) is 39.3 Å². The first-order chi connectivity index (χ1) is 16.7. The zero-order chi connectivity index (χ0) is 24.1. The van der Waals surface area contributed by atoms with E-state index in [1.807, 2.05) is 36.4 Å². The number of likely N-dealkylation sites (tertiary alicyclic amines) is 1. The van der Waals surface area contributed by atoms with E-state index in [1.165, 1.54) is 44.9 Å². The molecule has 1 saturated heterocycles. The van der Waals surface area contributed by atoms with Crippen LogP contribution >= 0.6 is 0 Å². The van der Waals surface area contributed by atoms with E-state index < -0.39 is 5.41 Å². The molecule has 0 radical (unpaired) electrons. The summed E-state index contributed by atoms with van der Waals surface area (Å²) in [4.78, 5) is 15.7. The Morgan fingerprint density at radius 1 is 0.882 bits per heavy atom. The number of carbonyl (C=O) groups excluding carboxylic acids is 1. The second kappa shape index (κ2) is 14.2. The third-order valence-electron chi connectivity index (χ3n) is 7.35. The van der Waals surface area contributed by atoms with Gasteiger partial charge in [-0.25, -0.2) is 0 Å². The summed E-state index contributed by atoms with van der Waals surface area (Å²) in [5.74, 6) is -0.0717. The van der Waals surface area contributed by atoms with Crippen molar-refractivity contribution in [2.45, 2.75) is 56.8 Å². The zero-order valence-electron chi connectivity index (χ0n) is 20.6. The molecule has 1 atom stereocenters. The SMILES string of the molecule is NC(=O)C(c1ccccc1)(c1ccccc1)C1CCN(CCCCCCCCCNCCO)C1. The van der Waals surface area contributed by atoms with Crippen molar-refractivity contribution in [1.82, 2.24) is 10.2 Å². The normalized spacial score (nSPS) is 16.7. The standard InChI is InChI=1S/C29H43N3O2/c30-28(34)29(25-14-8-6-9-15-25,26-16-10-7-11-17-26)27-18-22-32(24-27)21-13-5-3-1-2-4-12-19-31-20-23-33/h6-11,14-17,27,31,33H,1-5,12-13,18-24H2,(H2,30,34). The van der Waals surface area contributed by atoms with Crippen LogP contribution in [0.2, 0.25) is 0 Å². The third kappa shape index (κ3) is 6.91. The molecule has 2 aromatic carbocycles. The van der Waals surface area contributed by atoms with Crippen LogP contribution < -0.4 is 11.1 Å². The van der Waals surface area contributed by atoms with Crippen molar-refractivity contribution >= 4 is 5.91 Å². The van der Waals surface area contributed by atoms with Gasteiger partial charge in [-0.2, -0.15) is 0 Å². The lowest BCUT2D eigenvalue weighted by Gasteiger charge is -2.37. The molecule has 0 bridgehead atoms. The van der Waals surface area contributed by atoms with Crippen molar-refractivity contribution in [3.63, 3.8) is 0 Å². The van der Waals surface area contributed by atoms with Crippen molar-refractivity contribution in [2.24, 2.45) is 11.7 Å². The summed E-state index contributed by atoms with van der Waals surface area (Å²) in [6.07, 6.45) is 9.81. The number of primary amides is 1. The fourth-order valence-corrected chi connectivity index (χ4v) is 5.59. The summed E-state index contributed by atoms with van der Waals surface area (Å²) in [6.45, 7) is 4.97. The van der Waals surface area contributed by atoms with Crippen LogP contribution in [-0.2, 0) is 10.2 Å². The maximum absolute atomic E-state index is 13.2. The predicted octanol–water partition coefficient (Wildman–Crippen LogP) is 4.09. The molecule has 3 rings (SSSR count). The van der Waals surface area contributed by atoms with Crippen LogP contribution in [-0.4, -0.2) is 55.2 Å². The summed E-state index contributed by atoms with van der Waals surface area (Å²) in [7, 11) is 0. The molecule has 34 heavy (non-hydrogen) atoms. The number of nitrogens with zero attached hydrogens (tertiary/aromatic N) is 1. The summed E-state index contributed by atoms with van der Waals surface area (Å²) >= 11 is 0. The number of nitrogens with two attached hydrogens (primary N) is 1. The maximum atomic E-state index is 13.2. The molecule has 4 N–H and O–H groups in total. The van der Waals surface area contributed by atoms with Crippen LogP contribution in [0.4, 0.5) is 0 Å². The Balaban J connectivity index is 1.50. The van der Waals surface area contributed by atoms with Gasteiger partial charge in [-0.15, -0.1) is 0 Å². The molecule has 0 saturated carbocycles. The van der Waals surface area contributed by atoms with E-state index in [9.17, 15) is 4.79 Å². The molecule has 186 valence electrons. The van der Waals surface area contributed by atoms with Gasteiger partial charge in [0, 0.05) is 13.1 Å². The lowest BCUT2D eigenvalue weighted by atomic mass is 9.64. The second-order valence-electron chi connectivity index (χ2n) is 9.64. The van der Waals surface area contributed by atoms with Gasteiger partial charge in [0.1, 0.15) is 5.41 Å². The van der Waals surface area contributed by atoms with Gasteiger partial charge < -0.3 is 21.1 Å². The van der Waals surface area contributed by atoms with Gasteiger partial charge in [-0.05, 0) is 55.9 Å². The van der Waals surface area contributed by atoms with Crippen molar-refractivity contribution in [3.8, 4) is 0 Å². The monoisotopic (exact) mass is 465 g/mol. The van der Waals surface area contributed by atoms with E-state index in [4.69, 9.17) is 10.8 Å². The molecule has 1 aliphatic heterocycles. The lowest BCUT2D eigenvalue weighted by molar-refractivity contribution is -0.123. The molecule has 1 aliphatic rings. The number of aliphatic hydroxyl groups is 1. The molecule has 0 aliphatic carbocycles. The molecule has 1 fully saturated rings. The Morgan fingerprint density at radius 3 is 2.00 bits per heavy atom. The number of benzene rings is 2. The predicted molar refractivity (Wildman–Crippen MR) is 140 cm³/mol. The van der Waals surface area contributed by atoms with Gasteiger partial charge in [0.25, 0.3) is 0 Å². The Kier molecular flexibility index (Phi) is 11.1. The van der Waals surface area contributed by atoms with Gasteiger partial charge in [-0.1, -0.05) is 92.8 Å². The van der Waals surface area contributed by atoms with E-state index in [-0.39, 0.29) is 18.4 Å². The number of nitrogens with one attached hydrogen (secondary N) is 1. The topological polar surface area (TPSA) is 78.6 Å². The van der Waals surface area contributed by atoms with Crippen LogP contribution in [0.25, 0.3) is 0 Å². The Hall–Kier alpha value is -2.21. The molecular weight excluding hydrogens is 422 g/mol. The van der Waals surface area contributed by atoms with Crippen LogP contribution in [0.1, 0.15) is 62.5 Å². The van der Waals surface area contributed by atoms with Crippen LogP contribution in [0.3, 0.4) is 0 Å². The quantitative estimate of drug-likeness (QED) is 0.326.